The number of nitrogens with one attached hydrogen (secondary N) is 1. The third-order valence-electron chi connectivity index (χ3n) is 5.51. The molecule has 0 aliphatic carbocycles. The summed E-state index contributed by atoms with van der Waals surface area (Å²) in [6.07, 6.45) is 3.79. The molecule has 0 aromatic heterocycles. The normalized spacial score (nSPS) is 23.7. The Labute approximate surface area is 146 Å². The average Bonchev–Trinajstić information content (AvgIpc) is 2.61. The molecule has 0 saturated carbocycles. The smallest absolute Gasteiger partial charge is 0.193 e. The van der Waals surface area contributed by atoms with Crippen LogP contribution < -0.4 is 5.32 Å². The molecular weight excluding hydrogens is 296 g/mol. The fourth-order valence-corrected chi connectivity index (χ4v) is 3.98. The number of nitrogens with zero attached hydrogens (tertiary/aromatic N) is 3. The van der Waals surface area contributed by atoms with Crippen LogP contribution in [0.15, 0.2) is 29.3 Å². The van der Waals surface area contributed by atoms with E-state index in [2.05, 4.69) is 58.2 Å². The van der Waals surface area contributed by atoms with Crippen molar-refractivity contribution in [2.45, 2.75) is 45.7 Å². The van der Waals surface area contributed by atoms with Crippen molar-refractivity contribution >= 4 is 5.96 Å². The van der Waals surface area contributed by atoms with Crippen molar-refractivity contribution in [3.05, 3.63) is 35.4 Å². The van der Waals surface area contributed by atoms with E-state index >= 15 is 0 Å². The molecule has 4 heteroatoms. The molecule has 3 rings (SSSR count). The maximum absolute atomic E-state index is 4.51. The molecule has 1 aromatic carbocycles. The van der Waals surface area contributed by atoms with Gasteiger partial charge in [0.25, 0.3) is 0 Å². The molecule has 2 aliphatic heterocycles. The maximum atomic E-state index is 4.51. The standard InChI is InChI=1S/C20H32N4/c1-16-7-6-11-24(14-16)20(21-3)22-13-17(2)23-12-10-18-8-4-5-9-19(18)15-23/h4-5,8-9,16-17H,6-7,10-15H2,1-3H3,(H,21,22). The van der Waals surface area contributed by atoms with E-state index in [4.69, 9.17) is 0 Å². The number of hydrogen-bond donors (Lipinski definition) is 1. The molecule has 2 aliphatic rings. The molecule has 1 N–H and O–H groups in total. The first-order valence-electron chi connectivity index (χ1n) is 9.43. The van der Waals surface area contributed by atoms with E-state index < -0.39 is 0 Å². The Hall–Kier alpha value is -1.55. The van der Waals surface area contributed by atoms with Crippen LogP contribution in [-0.2, 0) is 13.0 Å². The number of piperidine rings is 1. The van der Waals surface area contributed by atoms with Gasteiger partial charge in [-0.2, -0.15) is 0 Å². The predicted octanol–water partition coefficient (Wildman–Crippen LogP) is 2.74. The number of fused-ring (bicyclic) bond motifs is 1. The molecule has 0 radical (unpaired) electrons. The van der Waals surface area contributed by atoms with E-state index in [1.54, 1.807) is 0 Å². The Kier molecular flexibility index (Phi) is 5.77. The zero-order valence-corrected chi connectivity index (χ0v) is 15.5. The molecule has 1 fully saturated rings. The Bertz CT molecular complexity index is 569. The summed E-state index contributed by atoms with van der Waals surface area (Å²) in [5, 5.41) is 3.61. The first-order valence-corrected chi connectivity index (χ1v) is 9.43. The van der Waals surface area contributed by atoms with Crippen molar-refractivity contribution in [2.75, 3.05) is 33.2 Å². The highest BCUT2D eigenvalue weighted by molar-refractivity contribution is 5.80. The first kappa shape index (κ1) is 17.3. The molecular formula is C20H32N4. The molecule has 4 nitrogen and oxygen atoms in total. The second-order valence-electron chi connectivity index (χ2n) is 7.46. The van der Waals surface area contributed by atoms with E-state index in [-0.39, 0.29) is 0 Å². The van der Waals surface area contributed by atoms with Crippen LogP contribution in [0.3, 0.4) is 0 Å². The van der Waals surface area contributed by atoms with E-state index in [1.165, 1.54) is 30.4 Å². The lowest BCUT2D eigenvalue weighted by Gasteiger charge is -2.36. The monoisotopic (exact) mass is 328 g/mol. The second-order valence-corrected chi connectivity index (χ2v) is 7.46. The number of benzene rings is 1. The van der Waals surface area contributed by atoms with Crippen LogP contribution in [-0.4, -0.2) is 55.0 Å². The van der Waals surface area contributed by atoms with Gasteiger partial charge in [-0.05, 0) is 43.2 Å². The minimum atomic E-state index is 0.511. The van der Waals surface area contributed by atoms with Crippen molar-refractivity contribution in [3.8, 4) is 0 Å². The Morgan fingerprint density at radius 3 is 2.83 bits per heavy atom. The van der Waals surface area contributed by atoms with Crippen LogP contribution in [0.1, 0.15) is 37.8 Å². The van der Waals surface area contributed by atoms with Gasteiger partial charge in [-0.3, -0.25) is 9.89 Å². The molecule has 24 heavy (non-hydrogen) atoms. The van der Waals surface area contributed by atoms with Crippen LogP contribution in [0.2, 0.25) is 0 Å². The van der Waals surface area contributed by atoms with Gasteiger partial charge in [0.15, 0.2) is 5.96 Å². The molecule has 0 amide bonds. The van der Waals surface area contributed by atoms with Crippen LogP contribution in [0.4, 0.5) is 0 Å². The van der Waals surface area contributed by atoms with Gasteiger partial charge in [0, 0.05) is 45.8 Å². The lowest BCUT2D eigenvalue weighted by atomic mass is 9.99. The second kappa shape index (κ2) is 8.02. The minimum Gasteiger partial charge on any atom is -0.355 e. The van der Waals surface area contributed by atoms with E-state index in [0.29, 0.717) is 6.04 Å². The fourth-order valence-electron chi connectivity index (χ4n) is 3.98. The summed E-state index contributed by atoms with van der Waals surface area (Å²) >= 11 is 0. The zero-order chi connectivity index (χ0) is 16.9. The van der Waals surface area contributed by atoms with Gasteiger partial charge in [0.1, 0.15) is 0 Å². The summed E-state index contributed by atoms with van der Waals surface area (Å²) in [6, 6.07) is 9.37. The number of guanidine groups is 1. The molecule has 2 atom stereocenters. The van der Waals surface area contributed by atoms with E-state index in [1.807, 2.05) is 7.05 Å². The number of aliphatic imine (C=N–C) groups is 1. The van der Waals surface area contributed by atoms with Crippen molar-refractivity contribution in [2.24, 2.45) is 10.9 Å². The summed E-state index contributed by atoms with van der Waals surface area (Å²) < 4.78 is 0. The summed E-state index contributed by atoms with van der Waals surface area (Å²) in [7, 11) is 1.91. The minimum absolute atomic E-state index is 0.511. The van der Waals surface area contributed by atoms with Crippen molar-refractivity contribution < 1.29 is 0 Å². The fraction of sp³-hybridized carbons (Fsp3) is 0.650. The highest BCUT2D eigenvalue weighted by atomic mass is 15.3. The predicted molar refractivity (Wildman–Crippen MR) is 101 cm³/mol. The average molecular weight is 329 g/mol. The van der Waals surface area contributed by atoms with E-state index in [9.17, 15) is 0 Å². The van der Waals surface area contributed by atoms with Crippen molar-refractivity contribution in [1.82, 2.24) is 15.1 Å². The highest BCUT2D eigenvalue weighted by Crippen LogP contribution is 2.20. The zero-order valence-electron chi connectivity index (χ0n) is 15.5. The molecule has 0 bridgehead atoms. The summed E-state index contributed by atoms with van der Waals surface area (Å²) in [4.78, 5) is 9.52. The first-order chi connectivity index (χ1) is 11.7. The topological polar surface area (TPSA) is 30.9 Å². The van der Waals surface area contributed by atoms with Gasteiger partial charge >= 0.3 is 0 Å². The number of hydrogen-bond acceptors (Lipinski definition) is 2. The SMILES string of the molecule is CN=C(NCC(C)N1CCc2ccccc2C1)N1CCCC(C)C1. The largest absolute Gasteiger partial charge is 0.355 e. The Morgan fingerprint density at radius 2 is 2.08 bits per heavy atom. The van der Waals surface area contributed by atoms with Crippen molar-refractivity contribution in [3.63, 3.8) is 0 Å². The van der Waals surface area contributed by atoms with Crippen LogP contribution in [0, 0.1) is 5.92 Å². The molecule has 132 valence electrons. The quantitative estimate of drug-likeness (QED) is 0.684. The lowest BCUT2D eigenvalue weighted by Crippen LogP contribution is -2.50. The number of likely N-dealkylation sites (tertiary alicyclic amines) is 1. The van der Waals surface area contributed by atoms with Gasteiger partial charge < -0.3 is 10.2 Å². The van der Waals surface area contributed by atoms with Crippen molar-refractivity contribution in [1.29, 1.82) is 0 Å². The molecule has 2 unspecified atom stereocenters. The maximum Gasteiger partial charge on any atom is 0.193 e. The third-order valence-corrected chi connectivity index (χ3v) is 5.51. The highest BCUT2D eigenvalue weighted by Gasteiger charge is 2.22. The van der Waals surface area contributed by atoms with Gasteiger partial charge in [0.2, 0.25) is 0 Å². The van der Waals surface area contributed by atoms with Gasteiger partial charge in [0.05, 0.1) is 0 Å². The molecule has 1 aromatic rings. The lowest BCUT2D eigenvalue weighted by molar-refractivity contribution is 0.189. The molecule has 2 heterocycles. The van der Waals surface area contributed by atoms with Crippen LogP contribution in [0.25, 0.3) is 0 Å². The van der Waals surface area contributed by atoms with Gasteiger partial charge in [-0.1, -0.05) is 31.2 Å². The summed E-state index contributed by atoms with van der Waals surface area (Å²) in [5.41, 5.74) is 3.01. The van der Waals surface area contributed by atoms with Crippen LogP contribution in [0.5, 0.6) is 0 Å². The summed E-state index contributed by atoms with van der Waals surface area (Å²) in [5.74, 6) is 1.85. The number of rotatable bonds is 3. The van der Waals surface area contributed by atoms with Gasteiger partial charge in [-0.15, -0.1) is 0 Å². The van der Waals surface area contributed by atoms with Gasteiger partial charge in [-0.25, -0.2) is 0 Å². The van der Waals surface area contributed by atoms with E-state index in [0.717, 1.165) is 44.6 Å². The van der Waals surface area contributed by atoms with Crippen LogP contribution >= 0.6 is 0 Å². The molecule has 0 spiro atoms. The Balaban J connectivity index is 1.52. The summed E-state index contributed by atoms with van der Waals surface area (Å²) in [6.45, 7) is 10.1. The third kappa shape index (κ3) is 4.10. The Morgan fingerprint density at radius 1 is 1.29 bits per heavy atom. The molecule has 1 saturated heterocycles.